The number of rotatable bonds is 6. The molecule has 1 amide bonds. The molecule has 4 rings (SSSR count). The van der Waals surface area contributed by atoms with Crippen molar-refractivity contribution in [3.63, 3.8) is 0 Å². The molecule has 0 spiro atoms. The molecule has 7 heteroatoms. The van der Waals surface area contributed by atoms with Crippen LogP contribution in [0.3, 0.4) is 0 Å². The monoisotopic (exact) mass is 427 g/mol. The Hall–Kier alpha value is -3.92. The van der Waals surface area contributed by atoms with Gasteiger partial charge in [0.05, 0.1) is 17.3 Å². The van der Waals surface area contributed by atoms with E-state index in [1.807, 2.05) is 42.5 Å². The number of nitrogens with one attached hydrogen (secondary N) is 1. The summed E-state index contributed by atoms with van der Waals surface area (Å²) in [5, 5.41) is 20.5. The standard InChI is InChI=1S/C25H25N5O2/c1-18-11-13-30(14-12-18)24-10-9-23(28-29-24)20-3-2-4-21(15-20)27-25(31)17-32-22-7-5-19(16-26)6-8-22/h2-10,15,18H,11-14,17H2,1H3,(H,27,31). The summed E-state index contributed by atoms with van der Waals surface area (Å²) < 4.78 is 5.48. The maximum atomic E-state index is 12.3. The molecule has 1 N–H and O–H groups in total. The smallest absolute Gasteiger partial charge is 0.262 e. The Bertz CT molecular complexity index is 1100. The Morgan fingerprint density at radius 2 is 1.91 bits per heavy atom. The summed E-state index contributed by atoms with van der Waals surface area (Å²) in [7, 11) is 0. The molecule has 0 radical (unpaired) electrons. The van der Waals surface area contributed by atoms with Crippen molar-refractivity contribution >= 4 is 17.4 Å². The molecule has 162 valence electrons. The van der Waals surface area contributed by atoms with Crippen LogP contribution in [0.15, 0.2) is 60.7 Å². The number of aromatic nitrogens is 2. The van der Waals surface area contributed by atoms with Crippen LogP contribution in [0.2, 0.25) is 0 Å². The van der Waals surface area contributed by atoms with Crippen LogP contribution in [0.1, 0.15) is 25.3 Å². The molecule has 0 aliphatic carbocycles. The molecule has 1 saturated heterocycles. The predicted octanol–water partition coefficient (Wildman–Crippen LogP) is 4.27. The van der Waals surface area contributed by atoms with Gasteiger partial charge in [-0.1, -0.05) is 19.1 Å². The van der Waals surface area contributed by atoms with Crippen molar-refractivity contribution in [3.05, 3.63) is 66.2 Å². The Morgan fingerprint density at radius 3 is 2.59 bits per heavy atom. The molecular weight excluding hydrogens is 402 g/mol. The van der Waals surface area contributed by atoms with E-state index in [0.717, 1.165) is 36.1 Å². The SMILES string of the molecule is CC1CCN(c2ccc(-c3cccc(NC(=O)COc4ccc(C#N)cc4)c3)nn2)CC1. The number of anilines is 2. The molecule has 7 nitrogen and oxygen atoms in total. The fraction of sp³-hybridized carbons (Fsp3) is 0.280. The second-order valence-electron chi connectivity index (χ2n) is 8.00. The maximum absolute atomic E-state index is 12.3. The van der Waals surface area contributed by atoms with Gasteiger partial charge in [0.15, 0.2) is 12.4 Å². The maximum Gasteiger partial charge on any atom is 0.262 e. The minimum Gasteiger partial charge on any atom is -0.484 e. The zero-order valence-corrected chi connectivity index (χ0v) is 18.0. The van der Waals surface area contributed by atoms with E-state index in [-0.39, 0.29) is 12.5 Å². The van der Waals surface area contributed by atoms with E-state index in [0.29, 0.717) is 17.0 Å². The fourth-order valence-electron chi connectivity index (χ4n) is 3.61. The number of hydrogen-bond acceptors (Lipinski definition) is 6. The number of nitriles is 1. The van der Waals surface area contributed by atoms with Gasteiger partial charge in [-0.05, 0) is 67.3 Å². The molecular formula is C25H25N5O2. The third-order valence-corrected chi connectivity index (χ3v) is 5.55. The Balaban J connectivity index is 1.35. The Labute approximate surface area is 187 Å². The Kier molecular flexibility index (Phi) is 6.61. The number of amides is 1. The van der Waals surface area contributed by atoms with Crippen LogP contribution in [0.25, 0.3) is 11.3 Å². The summed E-state index contributed by atoms with van der Waals surface area (Å²) in [6.07, 6.45) is 2.36. The number of hydrogen-bond donors (Lipinski definition) is 1. The van der Waals surface area contributed by atoms with Crippen molar-refractivity contribution in [1.29, 1.82) is 5.26 Å². The molecule has 3 aromatic rings. The third-order valence-electron chi connectivity index (χ3n) is 5.55. The van der Waals surface area contributed by atoms with Gasteiger partial charge in [0.25, 0.3) is 5.91 Å². The van der Waals surface area contributed by atoms with E-state index < -0.39 is 0 Å². The van der Waals surface area contributed by atoms with Gasteiger partial charge in [-0.2, -0.15) is 5.26 Å². The quantitative estimate of drug-likeness (QED) is 0.632. The van der Waals surface area contributed by atoms with E-state index in [9.17, 15) is 4.79 Å². The lowest BCUT2D eigenvalue weighted by Gasteiger charge is -2.30. The van der Waals surface area contributed by atoms with Crippen molar-refractivity contribution in [1.82, 2.24) is 10.2 Å². The van der Waals surface area contributed by atoms with Crippen molar-refractivity contribution in [2.45, 2.75) is 19.8 Å². The highest BCUT2D eigenvalue weighted by molar-refractivity contribution is 5.92. The molecule has 0 bridgehead atoms. The topological polar surface area (TPSA) is 91.1 Å². The number of nitrogens with zero attached hydrogens (tertiary/aromatic N) is 4. The highest BCUT2D eigenvalue weighted by atomic mass is 16.5. The summed E-state index contributed by atoms with van der Waals surface area (Å²) in [4.78, 5) is 14.6. The van der Waals surface area contributed by atoms with Crippen molar-refractivity contribution in [3.8, 4) is 23.1 Å². The molecule has 32 heavy (non-hydrogen) atoms. The van der Waals surface area contributed by atoms with Gasteiger partial charge < -0.3 is 15.0 Å². The summed E-state index contributed by atoms with van der Waals surface area (Å²) in [5.74, 6) is 1.94. The van der Waals surface area contributed by atoms with Gasteiger partial charge >= 0.3 is 0 Å². The zero-order valence-electron chi connectivity index (χ0n) is 18.0. The molecule has 1 aliphatic rings. The van der Waals surface area contributed by atoms with E-state index in [1.165, 1.54) is 12.8 Å². The first-order chi connectivity index (χ1) is 15.6. The van der Waals surface area contributed by atoms with Gasteiger partial charge in [0, 0.05) is 24.3 Å². The average Bonchev–Trinajstić information content (AvgIpc) is 2.84. The van der Waals surface area contributed by atoms with Gasteiger partial charge in [-0.25, -0.2) is 0 Å². The number of benzene rings is 2. The number of ether oxygens (including phenoxy) is 1. The van der Waals surface area contributed by atoms with Crippen LogP contribution in [0.4, 0.5) is 11.5 Å². The van der Waals surface area contributed by atoms with E-state index in [2.05, 4.69) is 27.3 Å². The van der Waals surface area contributed by atoms with Crippen LogP contribution in [-0.2, 0) is 4.79 Å². The molecule has 0 saturated carbocycles. The van der Waals surface area contributed by atoms with Gasteiger partial charge in [0.1, 0.15) is 5.75 Å². The average molecular weight is 428 g/mol. The molecule has 0 atom stereocenters. The van der Waals surface area contributed by atoms with Gasteiger partial charge in [0.2, 0.25) is 0 Å². The first-order valence-corrected chi connectivity index (χ1v) is 10.7. The zero-order chi connectivity index (χ0) is 22.3. The van der Waals surface area contributed by atoms with Crippen LogP contribution in [0, 0.1) is 17.2 Å². The fourth-order valence-corrected chi connectivity index (χ4v) is 3.61. The third kappa shape index (κ3) is 5.41. The van der Waals surface area contributed by atoms with E-state index in [1.54, 1.807) is 24.3 Å². The first kappa shape index (κ1) is 21.3. The normalized spacial score (nSPS) is 13.9. The number of carbonyl (C=O) groups excluding carboxylic acids is 1. The van der Waals surface area contributed by atoms with Crippen LogP contribution < -0.4 is 15.0 Å². The largest absolute Gasteiger partial charge is 0.484 e. The lowest BCUT2D eigenvalue weighted by molar-refractivity contribution is -0.118. The first-order valence-electron chi connectivity index (χ1n) is 10.7. The minimum absolute atomic E-state index is 0.126. The molecule has 0 unspecified atom stereocenters. The summed E-state index contributed by atoms with van der Waals surface area (Å²) in [5.41, 5.74) is 2.83. The molecule has 2 heterocycles. The van der Waals surface area contributed by atoms with Gasteiger partial charge in [-0.15, -0.1) is 10.2 Å². The second kappa shape index (κ2) is 9.92. The predicted molar refractivity (Wildman–Crippen MR) is 123 cm³/mol. The number of piperidine rings is 1. The summed E-state index contributed by atoms with van der Waals surface area (Å²) >= 11 is 0. The highest BCUT2D eigenvalue weighted by Crippen LogP contribution is 2.24. The van der Waals surface area contributed by atoms with Crippen molar-refractivity contribution < 1.29 is 9.53 Å². The minimum atomic E-state index is -0.271. The second-order valence-corrected chi connectivity index (χ2v) is 8.00. The Morgan fingerprint density at radius 1 is 1.12 bits per heavy atom. The highest BCUT2D eigenvalue weighted by Gasteiger charge is 2.17. The molecule has 1 aliphatic heterocycles. The molecule has 1 fully saturated rings. The molecule has 1 aromatic heterocycles. The van der Waals surface area contributed by atoms with Crippen LogP contribution >= 0.6 is 0 Å². The van der Waals surface area contributed by atoms with E-state index in [4.69, 9.17) is 10.00 Å². The number of carbonyl (C=O) groups is 1. The lowest BCUT2D eigenvalue weighted by Crippen LogP contribution is -2.33. The van der Waals surface area contributed by atoms with Crippen molar-refractivity contribution in [2.24, 2.45) is 5.92 Å². The van der Waals surface area contributed by atoms with Crippen molar-refractivity contribution in [2.75, 3.05) is 29.9 Å². The summed E-state index contributed by atoms with van der Waals surface area (Å²) in [6.45, 7) is 4.19. The lowest BCUT2D eigenvalue weighted by atomic mass is 9.99. The summed E-state index contributed by atoms with van der Waals surface area (Å²) in [6, 6.07) is 20.1. The van der Waals surface area contributed by atoms with Crippen LogP contribution in [-0.4, -0.2) is 35.8 Å². The van der Waals surface area contributed by atoms with E-state index >= 15 is 0 Å². The van der Waals surface area contributed by atoms with Gasteiger partial charge in [-0.3, -0.25) is 4.79 Å². The van der Waals surface area contributed by atoms with Crippen LogP contribution in [0.5, 0.6) is 5.75 Å². The molecule has 2 aromatic carbocycles.